The maximum atomic E-state index is 15.6. The van der Waals surface area contributed by atoms with Gasteiger partial charge in [0.25, 0.3) is 11.6 Å². The molecule has 2 heterocycles. The minimum Gasteiger partial charge on any atom is -0.313 e. The fourth-order valence-electron chi connectivity index (χ4n) is 3.01. The molecule has 7 heteroatoms. The lowest BCUT2D eigenvalue weighted by atomic mass is 9.83. The summed E-state index contributed by atoms with van der Waals surface area (Å²) in [4.78, 5) is 25.3. The largest absolute Gasteiger partial charge is 0.313 e. The lowest BCUT2D eigenvalue weighted by molar-refractivity contribution is -0.125. The Kier molecular flexibility index (Phi) is 3.69. The number of amides is 1. The van der Waals surface area contributed by atoms with Crippen molar-refractivity contribution in [1.29, 1.82) is 0 Å². The molecular weight excluding hydrogens is 363 g/mol. The molecular formula is C19H10F3NO2S. The molecule has 2 aromatic carbocycles. The van der Waals surface area contributed by atoms with Crippen LogP contribution < -0.4 is 5.32 Å². The SMILES string of the molecule is O=C1Nc2sc(F)c(-c3ccccc3F)c2C(=O)C1(F)c1ccccc1. The van der Waals surface area contributed by atoms with E-state index in [2.05, 4.69) is 5.32 Å². The third-order valence-electron chi connectivity index (χ3n) is 4.26. The topological polar surface area (TPSA) is 46.2 Å². The molecule has 0 saturated heterocycles. The van der Waals surface area contributed by atoms with E-state index in [0.717, 1.165) is 6.07 Å². The van der Waals surface area contributed by atoms with E-state index in [9.17, 15) is 18.4 Å². The molecule has 1 unspecified atom stereocenters. The number of alkyl halides is 1. The van der Waals surface area contributed by atoms with Gasteiger partial charge in [0.15, 0.2) is 5.13 Å². The third-order valence-corrected chi connectivity index (χ3v) is 5.15. The Hall–Kier alpha value is -2.93. The molecule has 1 aromatic heterocycles. The smallest absolute Gasteiger partial charge is 0.275 e. The summed E-state index contributed by atoms with van der Waals surface area (Å²) < 4.78 is 44.3. The predicted molar refractivity (Wildman–Crippen MR) is 91.9 cm³/mol. The number of hydrogen-bond donors (Lipinski definition) is 1. The van der Waals surface area contributed by atoms with Gasteiger partial charge in [-0.05, 0) is 6.07 Å². The standard InChI is InChI=1S/C19H10F3NO2S/c20-12-9-5-4-8-11(12)13-14-15(24)19(22,10-6-2-1-3-7-10)18(25)23-17(14)26-16(13)21/h1-9H,(H,23,25). The van der Waals surface area contributed by atoms with Crippen molar-refractivity contribution in [2.75, 3.05) is 5.32 Å². The van der Waals surface area contributed by atoms with Crippen LogP contribution in [0, 0.1) is 10.9 Å². The number of ketones is 1. The van der Waals surface area contributed by atoms with Crippen LogP contribution in [0.15, 0.2) is 54.6 Å². The molecule has 1 amide bonds. The van der Waals surface area contributed by atoms with Gasteiger partial charge >= 0.3 is 0 Å². The van der Waals surface area contributed by atoms with Gasteiger partial charge in [-0.15, -0.1) is 0 Å². The molecule has 0 radical (unpaired) electrons. The molecule has 0 saturated carbocycles. The van der Waals surface area contributed by atoms with Crippen LogP contribution in [0.1, 0.15) is 15.9 Å². The maximum Gasteiger partial charge on any atom is 0.275 e. The van der Waals surface area contributed by atoms with Gasteiger partial charge < -0.3 is 5.32 Å². The van der Waals surface area contributed by atoms with Crippen LogP contribution in [0.2, 0.25) is 0 Å². The Balaban J connectivity index is 1.97. The summed E-state index contributed by atoms with van der Waals surface area (Å²) >= 11 is 0.471. The van der Waals surface area contributed by atoms with E-state index in [4.69, 9.17) is 0 Å². The van der Waals surface area contributed by atoms with Gasteiger partial charge in [-0.3, -0.25) is 9.59 Å². The molecule has 1 aliphatic rings. The average molecular weight is 373 g/mol. The predicted octanol–water partition coefficient (Wildman–Crippen LogP) is 4.69. The third kappa shape index (κ3) is 2.20. The molecule has 0 bridgehead atoms. The van der Waals surface area contributed by atoms with E-state index in [0.29, 0.717) is 11.3 Å². The number of hydrogen-bond acceptors (Lipinski definition) is 3. The highest BCUT2D eigenvalue weighted by Crippen LogP contribution is 2.47. The van der Waals surface area contributed by atoms with Crippen molar-refractivity contribution in [3.8, 4) is 11.1 Å². The number of carbonyl (C=O) groups is 2. The van der Waals surface area contributed by atoms with E-state index in [1.807, 2.05) is 0 Å². The molecule has 0 fully saturated rings. The second-order valence-corrected chi connectivity index (χ2v) is 6.71. The normalized spacial score (nSPS) is 19.2. The summed E-state index contributed by atoms with van der Waals surface area (Å²) in [5.74, 6) is -3.15. The number of rotatable bonds is 2. The van der Waals surface area contributed by atoms with Crippen LogP contribution in [0.25, 0.3) is 11.1 Å². The first-order chi connectivity index (χ1) is 12.4. The summed E-state index contributed by atoms with van der Waals surface area (Å²) in [7, 11) is 0. The summed E-state index contributed by atoms with van der Waals surface area (Å²) in [6, 6.07) is 12.5. The van der Waals surface area contributed by atoms with E-state index in [-0.39, 0.29) is 27.3 Å². The highest BCUT2D eigenvalue weighted by molar-refractivity contribution is 7.15. The number of anilines is 1. The first-order valence-electron chi connectivity index (χ1n) is 7.62. The fourth-order valence-corrected chi connectivity index (χ4v) is 3.94. The van der Waals surface area contributed by atoms with Crippen LogP contribution in [0.4, 0.5) is 18.2 Å². The van der Waals surface area contributed by atoms with Crippen molar-refractivity contribution in [3.63, 3.8) is 0 Å². The summed E-state index contributed by atoms with van der Waals surface area (Å²) in [5, 5.41) is 1.26. The van der Waals surface area contributed by atoms with Gasteiger partial charge in [0.05, 0.1) is 5.56 Å². The van der Waals surface area contributed by atoms with Crippen LogP contribution in [-0.4, -0.2) is 11.7 Å². The molecule has 0 spiro atoms. The summed E-state index contributed by atoms with van der Waals surface area (Å²) in [6.45, 7) is 0. The van der Waals surface area contributed by atoms with Gasteiger partial charge in [0, 0.05) is 16.7 Å². The Morgan fingerprint density at radius 3 is 2.23 bits per heavy atom. The molecule has 1 atom stereocenters. The van der Waals surface area contributed by atoms with Crippen LogP contribution >= 0.6 is 11.3 Å². The highest BCUT2D eigenvalue weighted by Gasteiger charge is 2.54. The van der Waals surface area contributed by atoms with Gasteiger partial charge in [-0.1, -0.05) is 59.9 Å². The van der Waals surface area contributed by atoms with Gasteiger partial charge in [0.1, 0.15) is 10.8 Å². The second-order valence-electron chi connectivity index (χ2n) is 5.74. The quantitative estimate of drug-likeness (QED) is 0.662. The molecule has 3 aromatic rings. The Labute approximate surface area is 150 Å². The fraction of sp³-hybridized carbons (Fsp3) is 0.0526. The Bertz CT molecular complexity index is 1050. The van der Waals surface area contributed by atoms with Crippen LogP contribution in [0.5, 0.6) is 0 Å². The molecule has 1 N–H and O–H groups in total. The Morgan fingerprint density at radius 2 is 1.54 bits per heavy atom. The van der Waals surface area contributed by atoms with Crippen molar-refractivity contribution < 1.29 is 22.8 Å². The minimum absolute atomic E-state index is 0.125. The number of halogens is 3. The maximum absolute atomic E-state index is 15.6. The molecule has 3 nitrogen and oxygen atoms in total. The number of fused-ring (bicyclic) bond motifs is 1. The van der Waals surface area contributed by atoms with Crippen molar-refractivity contribution in [1.82, 2.24) is 0 Å². The van der Waals surface area contributed by atoms with Crippen molar-refractivity contribution in [3.05, 3.63) is 76.7 Å². The zero-order chi connectivity index (χ0) is 18.5. The average Bonchev–Trinajstić information content (AvgIpc) is 2.96. The number of benzene rings is 2. The van der Waals surface area contributed by atoms with Crippen molar-refractivity contribution >= 4 is 28.0 Å². The van der Waals surface area contributed by atoms with Gasteiger partial charge in [0.2, 0.25) is 5.78 Å². The van der Waals surface area contributed by atoms with Crippen molar-refractivity contribution in [2.45, 2.75) is 5.67 Å². The van der Waals surface area contributed by atoms with E-state index in [1.165, 1.54) is 42.5 Å². The number of nitrogens with one attached hydrogen (secondary N) is 1. The van der Waals surface area contributed by atoms with E-state index in [1.54, 1.807) is 6.07 Å². The van der Waals surface area contributed by atoms with Gasteiger partial charge in [-0.2, -0.15) is 4.39 Å². The first-order valence-corrected chi connectivity index (χ1v) is 8.44. The molecule has 0 aliphatic carbocycles. The second kappa shape index (κ2) is 5.81. The minimum atomic E-state index is -3.01. The zero-order valence-electron chi connectivity index (χ0n) is 13.1. The van der Waals surface area contributed by atoms with Gasteiger partial charge in [-0.25, -0.2) is 8.78 Å². The molecule has 4 rings (SSSR count). The van der Waals surface area contributed by atoms with Crippen molar-refractivity contribution in [2.24, 2.45) is 0 Å². The lowest BCUT2D eigenvalue weighted by Gasteiger charge is -2.28. The number of Topliss-reactive ketones (excluding diaryl/α,β-unsaturated/α-hetero) is 1. The number of thiophene rings is 1. The first kappa shape index (κ1) is 16.5. The number of carbonyl (C=O) groups excluding carboxylic acids is 2. The van der Waals surface area contributed by atoms with E-state index >= 15 is 4.39 Å². The monoisotopic (exact) mass is 373 g/mol. The molecule has 1 aliphatic heterocycles. The lowest BCUT2D eigenvalue weighted by Crippen LogP contribution is -2.47. The summed E-state index contributed by atoms with van der Waals surface area (Å²) in [5.41, 5.74) is -4.04. The molecule has 130 valence electrons. The highest BCUT2D eigenvalue weighted by atomic mass is 32.1. The van der Waals surface area contributed by atoms with E-state index < -0.39 is 28.3 Å². The van der Waals surface area contributed by atoms with Crippen LogP contribution in [0.3, 0.4) is 0 Å². The zero-order valence-corrected chi connectivity index (χ0v) is 13.9. The molecule has 26 heavy (non-hydrogen) atoms. The summed E-state index contributed by atoms with van der Waals surface area (Å²) in [6.07, 6.45) is 0. The van der Waals surface area contributed by atoms with Crippen LogP contribution in [-0.2, 0) is 10.5 Å². The Morgan fingerprint density at radius 1 is 0.885 bits per heavy atom.